The zero-order valence-electron chi connectivity index (χ0n) is 8.89. The van der Waals surface area contributed by atoms with Gasteiger partial charge in [-0.15, -0.1) is 0 Å². The number of aromatic nitrogens is 1. The number of hydrogen-bond acceptors (Lipinski definition) is 1. The molecule has 2 nitrogen and oxygen atoms in total. The number of carbonyl (C=O) groups excluding carboxylic acids is 1. The number of aldehydes is 1. The van der Waals surface area contributed by atoms with E-state index in [9.17, 15) is 4.79 Å². The predicted octanol–water partition coefficient (Wildman–Crippen LogP) is 2.83. The third-order valence-electron chi connectivity index (χ3n) is 3.06. The maximum Gasteiger partial charge on any atom is 0.152 e. The summed E-state index contributed by atoms with van der Waals surface area (Å²) in [6.07, 6.45) is 5.69. The van der Waals surface area contributed by atoms with Crippen LogP contribution in [0.1, 0.15) is 59.9 Å². The van der Waals surface area contributed by atoms with Gasteiger partial charge in [-0.2, -0.15) is 0 Å². The Morgan fingerprint density at radius 1 is 1.29 bits per heavy atom. The van der Waals surface area contributed by atoms with E-state index in [2.05, 4.69) is 18.8 Å². The molecule has 76 valence electrons. The molecule has 2 heteroatoms. The fraction of sp³-hybridized carbons (Fsp3) is 0.583. The summed E-state index contributed by atoms with van der Waals surface area (Å²) in [4.78, 5) is 14.5. The van der Waals surface area contributed by atoms with Crippen LogP contribution in [0.2, 0.25) is 0 Å². The number of nitrogens with one attached hydrogen (secondary N) is 1. The predicted molar refractivity (Wildman–Crippen MR) is 56.9 cm³/mol. The first-order valence-electron chi connectivity index (χ1n) is 5.42. The van der Waals surface area contributed by atoms with Crippen molar-refractivity contribution in [2.75, 3.05) is 0 Å². The molecule has 2 rings (SSSR count). The summed E-state index contributed by atoms with van der Waals surface area (Å²) < 4.78 is 0. The maximum absolute atomic E-state index is 11.0. The van der Waals surface area contributed by atoms with Crippen LogP contribution in [0, 0.1) is 0 Å². The summed E-state index contributed by atoms with van der Waals surface area (Å²) in [5, 5.41) is 0. The van der Waals surface area contributed by atoms with Crippen LogP contribution in [0.4, 0.5) is 0 Å². The third-order valence-corrected chi connectivity index (χ3v) is 3.06. The van der Waals surface area contributed by atoms with Crippen LogP contribution in [-0.4, -0.2) is 11.3 Å². The molecule has 1 N–H and O–H groups in total. The summed E-state index contributed by atoms with van der Waals surface area (Å²) in [5.74, 6) is 0.417. The van der Waals surface area contributed by atoms with E-state index in [0.717, 1.165) is 30.4 Å². The van der Waals surface area contributed by atoms with E-state index in [1.165, 1.54) is 24.1 Å². The molecule has 1 aliphatic rings. The van der Waals surface area contributed by atoms with Gasteiger partial charge < -0.3 is 4.98 Å². The van der Waals surface area contributed by atoms with E-state index in [1.54, 1.807) is 0 Å². The monoisotopic (exact) mass is 191 g/mol. The average Bonchev–Trinajstić information content (AvgIpc) is 2.56. The van der Waals surface area contributed by atoms with E-state index in [0.29, 0.717) is 5.92 Å². The molecule has 1 aromatic rings. The Bertz CT molecular complexity index is 349. The Morgan fingerprint density at radius 2 is 2.00 bits per heavy atom. The topological polar surface area (TPSA) is 32.9 Å². The van der Waals surface area contributed by atoms with Gasteiger partial charge in [0.15, 0.2) is 6.29 Å². The lowest BCUT2D eigenvalue weighted by atomic mass is 9.94. The number of H-pyrrole nitrogens is 1. The Balaban J connectivity index is 2.51. The number of aromatic amines is 1. The zero-order valence-corrected chi connectivity index (χ0v) is 8.89. The normalized spacial score (nSPS) is 15.6. The molecule has 0 fully saturated rings. The van der Waals surface area contributed by atoms with Gasteiger partial charge in [-0.1, -0.05) is 13.8 Å². The van der Waals surface area contributed by atoms with Crippen molar-refractivity contribution in [1.82, 2.24) is 4.98 Å². The largest absolute Gasteiger partial charge is 0.361 e. The molecule has 1 aromatic heterocycles. The maximum atomic E-state index is 11.0. The molecule has 0 radical (unpaired) electrons. The second-order valence-corrected chi connectivity index (χ2v) is 4.39. The first kappa shape index (κ1) is 9.50. The van der Waals surface area contributed by atoms with Crippen molar-refractivity contribution in [1.29, 1.82) is 0 Å². The van der Waals surface area contributed by atoms with Crippen molar-refractivity contribution in [3.8, 4) is 0 Å². The molecule has 0 aromatic carbocycles. The second-order valence-electron chi connectivity index (χ2n) is 4.39. The molecule has 0 aliphatic heterocycles. The molecule has 0 unspecified atom stereocenters. The van der Waals surface area contributed by atoms with Crippen LogP contribution < -0.4 is 0 Å². The molecule has 1 heterocycles. The molecule has 0 saturated heterocycles. The van der Waals surface area contributed by atoms with Crippen LogP contribution in [-0.2, 0) is 12.8 Å². The standard InChI is InChI=1S/C12H17NO/c1-8(2)12-10(7-14)9-5-3-4-6-11(9)13-12/h7-8,13H,3-6H2,1-2H3. The van der Waals surface area contributed by atoms with Gasteiger partial charge in [-0.3, -0.25) is 4.79 Å². The third kappa shape index (κ3) is 1.39. The molecule has 14 heavy (non-hydrogen) atoms. The number of aryl methyl sites for hydroxylation is 1. The average molecular weight is 191 g/mol. The van der Waals surface area contributed by atoms with E-state index in [4.69, 9.17) is 0 Å². The Morgan fingerprint density at radius 3 is 2.64 bits per heavy atom. The van der Waals surface area contributed by atoms with E-state index < -0.39 is 0 Å². The highest BCUT2D eigenvalue weighted by atomic mass is 16.1. The van der Waals surface area contributed by atoms with E-state index in [1.807, 2.05) is 0 Å². The summed E-state index contributed by atoms with van der Waals surface area (Å²) in [5.41, 5.74) is 4.67. The van der Waals surface area contributed by atoms with E-state index >= 15 is 0 Å². The number of fused-ring (bicyclic) bond motifs is 1. The molecular formula is C12H17NO. The van der Waals surface area contributed by atoms with Crippen molar-refractivity contribution in [2.45, 2.75) is 45.4 Å². The van der Waals surface area contributed by atoms with Crippen molar-refractivity contribution in [3.05, 3.63) is 22.5 Å². The van der Waals surface area contributed by atoms with Gasteiger partial charge in [0, 0.05) is 17.0 Å². The molecule has 1 aliphatic carbocycles. The van der Waals surface area contributed by atoms with Crippen molar-refractivity contribution < 1.29 is 4.79 Å². The number of carbonyl (C=O) groups is 1. The van der Waals surface area contributed by atoms with Gasteiger partial charge in [0.2, 0.25) is 0 Å². The SMILES string of the molecule is CC(C)c1[nH]c2c(c1C=O)CCCC2. The minimum atomic E-state index is 0.417. The molecule has 0 saturated carbocycles. The summed E-state index contributed by atoms with van der Waals surface area (Å²) in [7, 11) is 0. The van der Waals surface area contributed by atoms with Gasteiger partial charge in [0.25, 0.3) is 0 Å². The van der Waals surface area contributed by atoms with Gasteiger partial charge in [0.1, 0.15) is 0 Å². The number of hydrogen-bond donors (Lipinski definition) is 1. The zero-order chi connectivity index (χ0) is 10.1. The highest BCUT2D eigenvalue weighted by molar-refractivity contribution is 5.80. The lowest BCUT2D eigenvalue weighted by molar-refractivity contribution is 0.112. The summed E-state index contributed by atoms with van der Waals surface area (Å²) >= 11 is 0. The quantitative estimate of drug-likeness (QED) is 0.716. The number of rotatable bonds is 2. The minimum Gasteiger partial charge on any atom is -0.361 e. The summed E-state index contributed by atoms with van der Waals surface area (Å²) in [6, 6.07) is 0. The lowest BCUT2D eigenvalue weighted by Crippen LogP contribution is -2.01. The smallest absolute Gasteiger partial charge is 0.152 e. The van der Waals surface area contributed by atoms with Crippen LogP contribution in [0.25, 0.3) is 0 Å². The minimum absolute atomic E-state index is 0.417. The highest BCUT2D eigenvalue weighted by Gasteiger charge is 2.20. The van der Waals surface area contributed by atoms with Crippen LogP contribution in [0.5, 0.6) is 0 Å². The van der Waals surface area contributed by atoms with Crippen LogP contribution in [0.3, 0.4) is 0 Å². The van der Waals surface area contributed by atoms with E-state index in [-0.39, 0.29) is 0 Å². The van der Waals surface area contributed by atoms with Crippen LogP contribution >= 0.6 is 0 Å². The molecule has 0 spiro atoms. The Kier molecular flexibility index (Phi) is 2.44. The van der Waals surface area contributed by atoms with Gasteiger partial charge >= 0.3 is 0 Å². The van der Waals surface area contributed by atoms with Crippen molar-refractivity contribution in [2.24, 2.45) is 0 Å². The molecular weight excluding hydrogens is 174 g/mol. The molecule has 0 bridgehead atoms. The lowest BCUT2D eigenvalue weighted by Gasteiger charge is -2.10. The Labute approximate surface area is 84.7 Å². The Hall–Kier alpha value is -1.05. The van der Waals surface area contributed by atoms with Gasteiger partial charge in [-0.05, 0) is 37.2 Å². The molecule has 0 amide bonds. The van der Waals surface area contributed by atoms with Crippen molar-refractivity contribution in [3.63, 3.8) is 0 Å². The second kappa shape index (κ2) is 3.60. The van der Waals surface area contributed by atoms with Gasteiger partial charge in [0.05, 0.1) is 0 Å². The van der Waals surface area contributed by atoms with Crippen LogP contribution in [0.15, 0.2) is 0 Å². The molecule has 0 atom stereocenters. The first-order chi connectivity index (χ1) is 6.74. The first-order valence-corrected chi connectivity index (χ1v) is 5.42. The fourth-order valence-electron chi connectivity index (χ4n) is 2.32. The fourth-order valence-corrected chi connectivity index (χ4v) is 2.32. The van der Waals surface area contributed by atoms with Crippen molar-refractivity contribution >= 4 is 6.29 Å². The highest BCUT2D eigenvalue weighted by Crippen LogP contribution is 2.29. The van der Waals surface area contributed by atoms with Gasteiger partial charge in [-0.25, -0.2) is 0 Å². The summed E-state index contributed by atoms with van der Waals surface area (Å²) in [6.45, 7) is 4.26.